The van der Waals surface area contributed by atoms with Gasteiger partial charge in [0.2, 0.25) is 0 Å². The van der Waals surface area contributed by atoms with Crippen molar-refractivity contribution in [1.29, 1.82) is 0 Å². The molecule has 0 unspecified atom stereocenters. The second kappa shape index (κ2) is 8.13. The van der Waals surface area contributed by atoms with Crippen molar-refractivity contribution in [3.63, 3.8) is 0 Å². The van der Waals surface area contributed by atoms with Crippen LogP contribution in [-0.4, -0.2) is 34.5 Å². The molecule has 24 heavy (non-hydrogen) atoms. The summed E-state index contributed by atoms with van der Waals surface area (Å²) in [6.45, 7) is 9.85. The van der Waals surface area contributed by atoms with Gasteiger partial charge in [0.1, 0.15) is 6.10 Å². The number of allylic oxidation sites excluding steroid dienone is 2. The molecular formula is C20H30O4. The van der Waals surface area contributed by atoms with Gasteiger partial charge in [0.05, 0.1) is 12.2 Å². The summed E-state index contributed by atoms with van der Waals surface area (Å²) in [7, 11) is 0. The summed E-state index contributed by atoms with van der Waals surface area (Å²) in [5, 5.41) is 20.9. The quantitative estimate of drug-likeness (QED) is 0.405. The molecule has 4 nitrogen and oxygen atoms in total. The molecule has 0 aromatic heterocycles. The first-order valence-electron chi connectivity index (χ1n) is 8.86. The van der Waals surface area contributed by atoms with E-state index < -0.39 is 18.2 Å². The van der Waals surface area contributed by atoms with Crippen molar-refractivity contribution < 1.29 is 19.7 Å². The fraction of sp³-hybridized carbons (Fsp3) is 0.650. The van der Waals surface area contributed by atoms with Gasteiger partial charge in [-0.15, -0.1) is 0 Å². The number of aliphatic hydroxyl groups is 2. The summed E-state index contributed by atoms with van der Waals surface area (Å²) in [6.07, 6.45) is 6.01. The molecule has 4 heteroatoms. The number of hydrogen-bond acceptors (Lipinski definition) is 4. The van der Waals surface area contributed by atoms with Crippen LogP contribution in [0.5, 0.6) is 0 Å². The Morgan fingerprint density at radius 1 is 1.21 bits per heavy atom. The van der Waals surface area contributed by atoms with Gasteiger partial charge in [-0.2, -0.15) is 0 Å². The van der Waals surface area contributed by atoms with Gasteiger partial charge in [0.25, 0.3) is 0 Å². The Kier molecular flexibility index (Phi) is 6.41. The van der Waals surface area contributed by atoms with Crippen LogP contribution in [0.25, 0.3) is 0 Å². The smallest absolute Gasteiger partial charge is 0.334 e. The van der Waals surface area contributed by atoms with E-state index in [0.29, 0.717) is 24.8 Å². The van der Waals surface area contributed by atoms with Crippen LogP contribution in [0.1, 0.15) is 52.9 Å². The third kappa shape index (κ3) is 4.81. The van der Waals surface area contributed by atoms with E-state index in [2.05, 4.69) is 12.7 Å². The molecule has 0 saturated carbocycles. The van der Waals surface area contributed by atoms with Gasteiger partial charge < -0.3 is 14.9 Å². The molecular weight excluding hydrogens is 304 g/mol. The van der Waals surface area contributed by atoms with Gasteiger partial charge in [-0.3, -0.25) is 0 Å². The van der Waals surface area contributed by atoms with E-state index in [1.54, 1.807) is 0 Å². The predicted octanol–water partition coefficient (Wildman–Crippen LogP) is 3.30. The number of carbonyl (C=O) groups is 1. The maximum Gasteiger partial charge on any atom is 0.334 e. The number of ether oxygens (including phenoxy) is 1. The Bertz CT molecular complexity index is 546. The van der Waals surface area contributed by atoms with Gasteiger partial charge in [0, 0.05) is 11.5 Å². The molecule has 1 aliphatic carbocycles. The molecule has 2 N–H and O–H groups in total. The van der Waals surface area contributed by atoms with E-state index in [0.717, 1.165) is 24.0 Å². The Balaban J connectivity index is 2.26. The van der Waals surface area contributed by atoms with Crippen molar-refractivity contribution in [2.75, 3.05) is 0 Å². The van der Waals surface area contributed by atoms with Crippen LogP contribution >= 0.6 is 0 Å². The second-order valence-electron chi connectivity index (χ2n) is 7.47. The zero-order valence-electron chi connectivity index (χ0n) is 15.0. The summed E-state index contributed by atoms with van der Waals surface area (Å²) in [5.41, 5.74) is 2.63. The first kappa shape index (κ1) is 18.9. The highest BCUT2D eigenvalue weighted by atomic mass is 16.5. The van der Waals surface area contributed by atoms with Crippen molar-refractivity contribution in [2.24, 2.45) is 11.8 Å². The van der Waals surface area contributed by atoms with Crippen molar-refractivity contribution in [3.8, 4) is 0 Å². The second-order valence-corrected chi connectivity index (χ2v) is 7.47. The molecule has 1 saturated heterocycles. The van der Waals surface area contributed by atoms with Crippen LogP contribution < -0.4 is 0 Å². The van der Waals surface area contributed by atoms with Gasteiger partial charge in [-0.25, -0.2) is 4.79 Å². The predicted molar refractivity (Wildman–Crippen MR) is 94.3 cm³/mol. The first-order valence-corrected chi connectivity index (χ1v) is 8.86. The Hall–Kier alpha value is -1.39. The average Bonchev–Trinajstić information content (AvgIpc) is 2.48. The summed E-state index contributed by atoms with van der Waals surface area (Å²) in [4.78, 5) is 12.1. The maximum absolute atomic E-state index is 12.1. The van der Waals surface area contributed by atoms with Gasteiger partial charge in [-0.1, -0.05) is 36.8 Å². The van der Waals surface area contributed by atoms with Crippen LogP contribution in [0, 0.1) is 11.8 Å². The van der Waals surface area contributed by atoms with Crippen LogP contribution in [-0.2, 0) is 9.53 Å². The molecule has 2 bridgehead atoms. The summed E-state index contributed by atoms with van der Waals surface area (Å²) in [5.74, 6) is -0.674. The highest BCUT2D eigenvalue weighted by molar-refractivity contribution is 5.89. The molecule has 0 amide bonds. The molecule has 134 valence electrons. The third-order valence-corrected chi connectivity index (χ3v) is 5.21. The van der Waals surface area contributed by atoms with Crippen LogP contribution in [0.3, 0.4) is 0 Å². The van der Waals surface area contributed by atoms with Gasteiger partial charge >= 0.3 is 5.97 Å². The Morgan fingerprint density at radius 3 is 2.62 bits per heavy atom. The minimum absolute atomic E-state index is 0.0235. The molecule has 2 rings (SSSR count). The summed E-state index contributed by atoms with van der Waals surface area (Å²) >= 11 is 0. The maximum atomic E-state index is 12.1. The number of aliphatic hydroxyl groups excluding tert-OH is 2. The van der Waals surface area contributed by atoms with Gasteiger partial charge in [0.15, 0.2) is 0 Å². The van der Waals surface area contributed by atoms with Gasteiger partial charge in [-0.05, 0) is 51.9 Å². The number of fused-ring (bicyclic) bond motifs is 2. The van der Waals surface area contributed by atoms with Crippen molar-refractivity contribution in [2.45, 2.75) is 71.2 Å². The van der Waals surface area contributed by atoms with Crippen LogP contribution in [0.2, 0.25) is 0 Å². The zero-order chi connectivity index (χ0) is 17.9. The van der Waals surface area contributed by atoms with E-state index in [-0.39, 0.29) is 17.9 Å². The first-order chi connectivity index (χ1) is 11.3. The number of rotatable bonds is 0. The highest BCUT2D eigenvalue weighted by Crippen LogP contribution is 2.34. The zero-order valence-corrected chi connectivity index (χ0v) is 15.0. The fourth-order valence-corrected chi connectivity index (χ4v) is 3.66. The number of carbonyl (C=O) groups excluding carboxylic acids is 1. The Morgan fingerprint density at radius 2 is 1.92 bits per heavy atom. The standard InChI is InChI=1S/C20H30O4/c1-12-6-5-7-13(2)9-18(22)17-11-19(24-20(23)15(17)4)14(3)10-16(21)8-12/h7-8,14,16-19,21-22H,4-6,9-11H2,1-3H3/b12-8+,13-7-/t14-,16-,17-,18+,19+/m1/s1. The lowest BCUT2D eigenvalue weighted by molar-refractivity contribution is -0.155. The lowest BCUT2D eigenvalue weighted by Gasteiger charge is -2.36. The molecule has 0 aromatic carbocycles. The molecule has 5 atom stereocenters. The molecule has 2 aliphatic rings. The fourth-order valence-electron chi connectivity index (χ4n) is 3.66. The van der Waals surface area contributed by atoms with Crippen molar-refractivity contribution >= 4 is 5.97 Å². The van der Waals surface area contributed by atoms with E-state index in [1.807, 2.05) is 26.8 Å². The minimum Gasteiger partial charge on any atom is -0.459 e. The topological polar surface area (TPSA) is 66.8 Å². The lowest BCUT2D eigenvalue weighted by Crippen LogP contribution is -2.40. The molecule has 0 spiro atoms. The minimum atomic E-state index is -0.624. The molecule has 1 fully saturated rings. The van der Waals surface area contributed by atoms with Crippen molar-refractivity contribution in [1.82, 2.24) is 0 Å². The average molecular weight is 334 g/mol. The normalized spacial score (nSPS) is 40.6. The molecule has 0 radical (unpaired) electrons. The number of esters is 1. The van der Waals surface area contributed by atoms with E-state index >= 15 is 0 Å². The van der Waals surface area contributed by atoms with Crippen LogP contribution in [0.4, 0.5) is 0 Å². The third-order valence-electron chi connectivity index (χ3n) is 5.21. The SMILES string of the molecule is C=C1C(=O)O[C@H]2C[C@H]1[C@@H](O)C/C(C)=C\CC/C(C)=C/[C@@H](O)C[C@H]2C. The molecule has 0 aromatic rings. The lowest BCUT2D eigenvalue weighted by atomic mass is 9.80. The molecule has 1 heterocycles. The monoisotopic (exact) mass is 334 g/mol. The van der Waals surface area contributed by atoms with Crippen molar-refractivity contribution in [3.05, 3.63) is 35.5 Å². The summed E-state index contributed by atoms with van der Waals surface area (Å²) < 4.78 is 5.50. The Labute approximate surface area is 144 Å². The van der Waals surface area contributed by atoms with E-state index in [4.69, 9.17) is 4.74 Å². The van der Waals surface area contributed by atoms with E-state index in [9.17, 15) is 15.0 Å². The molecule has 1 aliphatic heterocycles. The van der Waals surface area contributed by atoms with E-state index in [1.165, 1.54) is 0 Å². The summed E-state index contributed by atoms with van der Waals surface area (Å²) in [6, 6.07) is 0. The largest absolute Gasteiger partial charge is 0.459 e. The highest BCUT2D eigenvalue weighted by Gasteiger charge is 2.38. The number of hydrogen-bond donors (Lipinski definition) is 2. The van der Waals surface area contributed by atoms with Crippen LogP contribution in [0.15, 0.2) is 35.5 Å².